The molecule has 0 aliphatic rings. The Hall–Kier alpha value is -7.56. The number of hydrogen-bond acceptors (Lipinski definition) is 2. The van der Waals surface area contributed by atoms with Crippen LogP contribution in [-0.4, -0.2) is 19.1 Å². The predicted molar refractivity (Wildman–Crippen MR) is 251 cm³/mol. The molecule has 0 aliphatic carbocycles. The molecule has 4 heteroatoms. The third-order valence-corrected chi connectivity index (χ3v) is 11.9. The molecule has 0 bridgehead atoms. The number of nitrogens with zero attached hydrogens (tertiary/aromatic N) is 4. The third kappa shape index (κ3) is 5.99. The summed E-state index contributed by atoms with van der Waals surface area (Å²) in [5.41, 5.74) is 19.0. The molecule has 0 unspecified atom stereocenters. The number of fused-ring (bicyclic) bond motifs is 6. The van der Waals surface area contributed by atoms with Crippen LogP contribution in [0.1, 0.15) is 22.3 Å². The topological polar surface area (TPSA) is 35.6 Å². The SMILES string of the molecule is Cc1ccc2c(c1)c1cc(C)ccc1n2-c1cccc(-c2cc(-c3cc(-c4ccccc4)nc(-c4ccccc4)n3)ccc2-n2c3ccc(C)cc3c3cc(C)ccc32)c1. The van der Waals surface area contributed by atoms with Gasteiger partial charge in [-0.15, -0.1) is 0 Å². The van der Waals surface area contributed by atoms with Crippen molar-refractivity contribution < 1.29 is 0 Å². The van der Waals surface area contributed by atoms with E-state index in [4.69, 9.17) is 9.97 Å². The van der Waals surface area contributed by atoms with E-state index in [0.29, 0.717) is 5.82 Å². The van der Waals surface area contributed by atoms with Gasteiger partial charge in [-0.25, -0.2) is 9.97 Å². The van der Waals surface area contributed by atoms with Crippen LogP contribution in [0.2, 0.25) is 0 Å². The molecule has 0 saturated heterocycles. The Balaban J connectivity index is 1.19. The average Bonchev–Trinajstić information content (AvgIpc) is 3.77. The van der Waals surface area contributed by atoms with Crippen molar-refractivity contribution in [2.75, 3.05) is 0 Å². The summed E-state index contributed by atoms with van der Waals surface area (Å²) >= 11 is 0. The van der Waals surface area contributed by atoms with E-state index in [1.165, 1.54) is 65.9 Å². The van der Waals surface area contributed by atoms with Gasteiger partial charge in [0.1, 0.15) is 0 Å². The minimum atomic E-state index is 0.699. The van der Waals surface area contributed by atoms with Crippen LogP contribution in [0, 0.1) is 27.7 Å². The summed E-state index contributed by atoms with van der Waals surface area (Å²) in [6.45, 7) is 8.70. The Morgan fingerprint density at radius 1 is 0.333 bits per heavy atom. The van der Waals surface area contributed by atoms with E-state index >= 15 is 0 Å². The van der Waals surface area contributed by atoms with Gasteiger partial charge in [0.05, 0.1) is 39.1 Å². The third-order valence-electron chi connectivity index (χ3n) is 11.9. The Morgan fingerprint density at radius 3 is 1.33 bits per heavy atom. The molecule has 0 spiro atoms. The monoisotopic (exact) mass is 770 g/mol. The molecule has 286 valence electrons. The van der Waals surface area contributed by atoms with Crippen molar-refractivity contribution in [2.45, 2.75) is 27.7 Å². The molecule has 3 aromatic heterocycles. The van der Waals surface area contributed by atoms with Gasteiger partial charge in [-0.05, 0) is 112 Å². The molecule has 11 aromatic rings. The molecule has 0 aliphatic heterocycles. The number of aryl methyl sites for hydroxylation is 4. The van der Waals surface area contributed by atoms with Crippen molar-refractivity contribution >= 4 is 43.6 Å². The Bertz CT molecular complexity index is 3290. The van der Waals surface area contributed by atoms with Crippen molar-refractivity contribution in [3.05, 3.63) is 204 Å². The van der Waals surface area contributed by atoms with Crippen LogP contribution in [0.5, 0.6) is 0 Å². The van der Waals surface area contributed by atoms with Gasteiger partial charge in [0.2, 0.25) is 0 Å². The fraction of sp³-hybridized carbons (Fsp3) is 0.0714. The van der Waals surface area contributed by atoms with Crippen LogP contribution >= 0.6 is 0 Å². The lowest BCUT2D eigenvalue weighted by atomic mass is 9.97. The summed E-state index contributed by atoms with van der Waals surface area (Å²) < 4.78 is 4.87. The molecule has 0 saturated carbocycles. The fourth-order valence-electron chi connectivity index (χ4n) is 9.04. The summed E-state index contributed by atoms with van der Waals surface area (Å²) in [5.74, 6) is 0.699. The van der Waals surface area contributed by atoms with Gasteiger partial charge in [0, 0.05) is 49.5 Å². The largest absolute Gasteiger partial charge is 0.309 e. The summed E-state index contributed by atoms with van der Waals surface area (Å²) in [4.78, 5) is 10.4. The van der Waals surface area contributed by atoms with Gasteiger partial charge < -0.3 is 9.13 Å². The maximum absolute atomic E-state index is 5.26. The lowest BCUT2D eigenvalue weighted by Gasteiger charge is -2.18. The molecule has 0 radical (unpaired) electrons. The van der Waals surface area contributed by atoms with Crippen LogP contribution in [-0.2, 0) is 0 Å². The molecule has 3 heterocycles. The van der Waals surface area contributed by atoms with E-state index in [1.807, 2.05) is 24.3 Å². The van der Waals surface area contributed by atoms with E-state index in [0.717, 1.165) is 50.6 Å². The summed E-state index contributed by atoms with van der Waals surface area (Å²) in [5, 5.41) is 5.04. The molecule has 0 N–H and O–H groups in total. The molecule has 4 nitrogen and oxygen atoms in total. The van der Waals surface area contributed by atoms with Crippen molar-refractivity contribution in [2.24, 2.45) is 0 Å². The summed E-state index contributed by atoms with van der Waals surface area (Å²) in [7, 11) is 0. The van der Waals surface area contributed by atoms with Crippen LogP contribution in [0.3, 0.4) is 0 Å². The first-order valence-electron chi connectivity index (χ1n) is 20.6. The summed E-state index contributed by atoms with van der Waals surface area (Å²) in [6.07, 6.45) is 0. The zero-order valence-electron chi connectivity index (χ0n) is 34.1. The smallest absolute Gasteiger partial charge is 0.160 e. The second kappa shape index (κ2) is 14.1. The molecule has 8 aromatic carbocycles. The van der Waals surface area contributed by atoms with Crippen LogP contribution in [0.4, 0.5) is 0 Å². The quantitative estimate of drug-likeness (QED) is 0.169. The first kappa shape index (κ1) is 35.6. The van der Waals surface area contributed by atoms with E-state index < -0.39 is 0 Å². The van der Waals surface area contributed by atoms with Crippen LogP contribution in [0.15, 0.2) is 182 Å². The zero-order valence-corrected chi connectivity index (χ0v) is 34.1. The molecular weight excluding hydrogens is 729 g/mol. The predicted octanol–water partition coefficient (Wildman–Crippen LogP) is 14.6. The lowest BCUT2D eigenvalue weighted by molar-refractivity contribution is 1.16. The van der Waals surface area contributed by atoms with Crippen LogP contribution < -0.4 is 0 Å². The maximum Gasteiger partial charge on any atom is 0.160 e. The molecule has 0 atom stereocenters. The number of aromatic nitrogens is 4. The molecule has 60 heavy (non-hydrogen) atoms. The van der Waals surface area contributed by atoms with Gasteiger partial charge in [0.15, 0.2) is 5.82 Å². The van der Waals surface area contributed by atoms with Crippen molar-refractivity contribution in [1.29, 1.82) is 0 Å². The lowest BCUT2D eigenvalue weighted by Crippen LogP contribution is -2.00. The number of hydrogen-bond donors (Lipinski definition) is 0. The first-order chi connectivity index (χ1) is 29.4. The zero-order chi connectivity index (χ0) is 40.5. The van der Waals surface area contributed by atoms with Crippen molar-refractivity contribution in [1.82, 2.24) is 19.1 Å². The molecule has 0 fully saturated rings. The van der Waals surface area contributed by atoms with Gasteiger partial charge in [-0.2, -0.15) is 0 Å². The van der Waals surface area contributed by atoms with Gasteiger partial charge in [-0.3, -0.25) is 0 Å². The van der Waals surface area contributed by atoms with Crippen LogP contribution in [0.25, 0.3) is 100 Å². The second-order valence-electron chi connectivity index (χ2n) is 16.2. The van der Waals surface area contributed by atoms with Crippen molar-refractivity contribution in [3.63, 3.8) is 0 Å². The standard InChI is InChI=1S/C56H42N4/c1-35-18-23-52-45(28-35)46-29-36(2)19-24-53(46)59(52)43-17-11-16-41(32-43)44-33-42(50-34-49(39-12-7-5-8-13-39)57-56(58-50)40-14-9-6-10-15-40)22-27-51(44)60-54-25-20-37(3)30-47(54)48-31-38(4)21-26-55(48)60/h5-34H,1-4H3. The fourth-order valence-corrected chi connectivity index (χ4v) is 9.04. The first-order valence-corrected chi connectivity index (χ1v) is 20.6. The molecule has 0 amide bonds. The number of benzene rings is 8. The Labute approximate surface area is 349 Å². The normalized spacial score (nSPS) is 11.7. The van der Waals surface area contributed by atoms with E-state index in [2.05, 4.69) is 195 Å². The minimum Gasteiger partial charge on any atom is -0.309 e. The molecular formula is C56H42N4. The van der Waals surface area contributed by atoms with Crippen molar-refractivity contribution in [3.8, 4) is 56.4 Å². The summed E-state index contributed by atoms with van der Waals surface area (Å²) in [6, 6.07) is 66.0. The highest BCUT2D eigenvalue weighted by Gasteiger charge is 2.20. The Kier molecular flexibility index (Phi) is 8.35. The number of rotatable bonds is 6. The Morgan fingerprint density at radius 2 is 0.800 bits per heavy atom. The van der Waals surface area contributed by atoms with Gasteiger partial charge in [0.25, 0.3) is 0 Å². The highest BCUT2D eigenvalue weighted by Crippen LogP contribution is 2.41. The minimum absolute atomic E-state index is 0.699. The average molecular weight is 771 g/mol. The van der Waals surface area contributed by atoms with E-state index in [9.17, 15) is 0 Å². The highest BCUT2D eigenvalue weighted by atomic mass is 15.0. The van der Waals surface area contributed by atoms with E-state index in [-0.39, 0.29) is 0 Å². The van der Waals surface area contributed by atoms with Gasteiger partial charge >= 0.3 is 0 Å². The maximum atomic E-state index is 5.26. The molecule has 11 rings (SSSR count). The highest BCUT2D eigenvalue weighted by molar-refractivity contribution is 6.11. The van der Waals surface area contributed by atoms with E-state index in [1.54, 1.807) is 0 Å². The second-order valence-corrected chi connectivity index (χ2v) is 16.2. The van der Waals surface area contributed by atoms with Gasteiger partial charge in [-0.1, -0.05) is 125 Å².